The highest BCUT2D eigenvalue weighted by atomic mass is 19.1. The van der Waals surface area contributed by atoms with E-state index in [0.717, 1.165) is 17.0 Å². The lowest BCUT2D eigenvalue weighted by Gasteiger charge is -2.15. The minimum atomic E-state index is -1.32. The summed E-state index contributed by atoms with van der Waals surface area (Å²) in [5.41, 5.74) is 2.60. The summed E-state index contributed by atoms with van der Waals surface area (Å²) in [7, 11) is 0. The van der Waals surface area contributed by atoms with Gasteiger partial charge in [0.1, 0.15) is 12.3 Å². The molecule has 2 heterocycles. The van der Waals surface area contributed by atoms with E-state index in [1.165, 1.54) is 4.90 Å². The van der Waals surface area contributed by atoms with Crippen LogP contribution >= 0.6 is 0 Å². The van der Waals surface area contributed by atoms with Gasteiger partial charge in [0, 0.05) is 17.9 Å². The monoisotopic (exact) mass is 252 g/mol. The second kappa shape index (κ2) is 5.02. The molecule has 2 rings (SSSR count). The number of rotatable bonds is 2. The van der Waals surface area contributed by atoms with Crippen LogP contribution in [0.15, 0.2) is 12.1 Å². The Morgan fingerprint density at radius 3 is 2.56 bits per heavy atom. The number of hydrogen-bond acceptors (Lipinski definition) is 3. The molecule has 0 aromatic carbocycles. The Kier molecular flexibility index (Phi) is 3.61. The predicted octanol–water partition coefficient (Wildman–Crippen LogP) is 0.782. The average Bonchev–Trinajstić information content (AvgIpc) is 2.57. The maximum absolute atomic E-state index is 13.1. The van der Waals surface area contributed by atoms with E-state index < -0.39 is 12.3 Å². The third-order valence-electron chi connectivity index (χ3n) is 3.07. The van der Waals surface area contributed by atoms with Gasteiger partial charge in [-0.1, -0.05) is 0 Å². The number of amides is 1. The number of aliphatic hydroxyl groups is 1. The Morgan fingerprint density at radius 2 is 2.06 bits per heavy atom. The van der Waals surface area contributed by atoms with Crippen LogP contribution in [-0.4, -0.2) is 46.3 Å². The zero-order chi connectivity index (χ0) is 13.3. The Balaban J connectivity index is 2.03. The number of β-amino-alcohol motifs (C(OH)–C–C–N with tert-alkyl or cyclic N) is 1. The van der Waals surface area contributed by atoms with Crippen molar-refractivity contribution in [3.05, 3.63) is 29.1 Å². The third kappa shape index (κ3) is 2.85. The lowest BCUT2D eigenvalue weighted by Crippen LogP contribution is -2.31. The number of alkyl halides is 1. The molecule has 1 fully saturated rings. The summed E-state index contributed by atoms with van der Waals surface area (Å²) in [6.45, 7) is 3.82. The second-order valence-electron chi connectivity index (χ2n) is 4.82. The number of aryl methyl sites for hydroxylation is 2. The summed E-state index contributed by atoms with van der Waals surface area (Å²) in [6, 6.07) is 3.70. The van der Waals surface area contributed by atoms with Crippen LogP contribution in [-0.2, 0) is 11.2 Å². The van der Waals surface area contributed by atoms with Crippen molar-refractivity contribution in [2.24, 2.45) is 0 Å². The van der Waals surface area contributed by atoms with Gasteiger partial charge < -0.3 is 10.0 Å². The van der Waals surface area contributed by atoms with Crippen molar-refractivity contribution in [1.29, 1.82) is 0 Å². The number of halogens is 1. The largest absolute Gasteiger partial charge is 0.388 e. The molecule has 1 aromatic rings. The number of aromatic nitrogens is 1. The summed E-state index contributed by atoms with van der Waals surface area (Å²) in [5.74, 6) is -0.154. The van der Waals surface area contributed by atoms with Crippen LogP contribution < -0.4 is 0 Å². The first-order valence-electron chi connectivity index (χ1n) is 6.00. The Labute approximate surface area is 105 Å². The van der Waals surface area contributed by atoms with Crippen molar-refractivity contribution in [3.63, 3.8) is 0 Å². The van der Waals surface area contributed by atoms with Gasteiger partial charge in [0.25, 0.3) is 0 Å². The van der Waals surface area contributed by atoms with Gasteiger partial charge in [-0.25, -0.2) is 4.39 Å². The molecule has 0 aliphatic carbocycles. The summed E-state index contributed by atoms with van der Waals surface area (Å²) >= 11 is 0. The first kappa shape index (κ1) is 13.0. The van der Waals surface area contributed by atoms with Gasteiger partial charge in [0.2, 0.25) is 5.91 Å². The van der Waals surface area contributed by atoms with Gasteiger partial charge in [-0.2, -0.15) is 0 Å². The van der Waals surface area contributed by atoms with Crippen molar-refractivity contribution >= 4 is 5.91 Å². The zero-order valence-electron chi connectivity index (χ0n) is 10.6. The number of aliphatic hydroxyl groups excluding tert-OH is 1. The summed E-state index contributed by atoms with van der Waals surface area (Å²) < 4.78 is 13.1. The molecule has 0 saturated carbocycles. The highest BCUT2D eigenvalue weighted by molar-refractivity contribution is 5.79. The molecule has 1 aliphatic heterocycles. The summed E-state index contributed by atoms with van der Waals surface area (Å²) in [5, 5.41) is 9.29. The molecule has 1 N–H and O–H groups in total. The highest BCUT2D eigenvalue weighted by Gasteiger charge is 2.33. The summed E-state index contributed by atoms with van der Waals surface area (Å²) in [4.78, 5) is 17.6. The molecule has 1 amide bonds. The van der Waals surface area contributed by atoms with Gasteiger partial charge >= 0.3 is 0 Å². The first-order chi connectivity index (χ1) is 8.45. The highest BCUT2D eigenvalue weighted by Crippen LogP contribution is 2.15. The van der Waals surface area contributed by atoms with E-state index in [2.05, 4.69) is 4.98 Å². The molecule has 98 valence electrons. The molecule has 0 spiro atoms. The maximum Gasteiger partial charge on any atom is 0.227 e. The van der Waals surface area contributed by atoms with Crippen molar-refractivity contribution in [2.45, 2.75) is 32.5 Å². The number of likely N-dealkylation sites (tertiary alicyclic amines) is 1. The number of nitrogens with zero attached hydrogens (tertiary/aromatic N) is 2. The molecular weight excluding hydrogens is 235 g/mol. The Hall–Kier alpha value is -1.49. The molecule has 18 heavy (non-hydrogen) atoms. The molecule has 0 unspecified atom stereocenters. The fourth-order valence-corrected chi connectivity index (χ4v) is 2.26. The van der Waals surface area contributed by atoms with Crippen molar-refractivity contribution in [2.75, 3.05) is 13.1 Å². The van der Waals surface area contributed by atoms with E-state index in [0.29, 0.717) is 0 Å². The minimum Gasteiger partial charge on any atom is -0.388 e. The van der Waals surface area contributed by atoms with Crippen LogP contribution in [0.2, 0.25) is 0 Å². The maximum atomic E-state index is 13.1. The van der Waals surface area contributed by atoms with Crippen LogP contribution in [0.5, 0.6) is 0 Å². The van der Waals surface area contributed by atoms with Crippen LogP contribution in [0.25, 0.3) is 0 Å². The van der Waals surface area contributed by atoms with E-state index >= 15 is 0 Å². The lowest BCUT2D eigenvalue weighted by molar-refractivity contribution is -0.129. The van der Waals surface area contributed by atoms with Crippen LogP contribution in [0.3, 0.4) is 0 Å². The number of hydrogen-bond donors (Lipinski definition) is 1. The second-order valence-corrected chi connectivity index (χ2v) is 4.82. The molecule has 2 atom stereocenters. The van der Waals surface area contributed by atoms with Crippen LogP contribution in [0, 0.1) is 13.8 Å². The molecule has 5 heteroatoms. The molecule has 1 aromatic heterocycles. The Morgan fingerprint density at radius 1 is 1.44 bits per heavy atom. The van der Waals surface area contributed by atoms with E-state index in [9.17, 15) is 14.3 Å². The minimum absolute atomic E-state index is 0.0109. The fraction of sp³-hybridized carbons (Fsp3) is 0.538. The van der Waals surface area contributed by atoms with Crippen molar-refractivity contribution in [3.8, 4) is 0 Å². The van der Waals surface area contributed by atoms with Crippen molar-refractivity contribution in [1.82, 2.24) is 9.88 Å². The first-order valence-corrected chi connectivity index (χ1v) is 6.00. The van der Waals surface area contributed by atoms with Gasteiger partial charge in [0.15, 0.2) is 0 Å². The standard InChI is InChI=1S/C13H17FN2O2/c1-8-3-10(4-9(2)15-8)5-13(18)16-6-11(14)12(17)7-16/h3-4,11-12,17H,5-7H2,1-2H3/t11-,12-/m1/s1. The molecule has 0 radical (unpaired) electrons. The van der Waals surface area contributed by atoms with Crippen LogP contribution in [0.1, 0.15) is 17.0 Å². The van der Waals surface area contributed by atoms with Crippen molar-refractivity contribution < 1.29 is 14.3 Å². The van der Waals surface area contributed by atoms with E-state index in [-0.39, 0.29) is 25.4 Å². The number of carbonyl (C=O) groups is 1. The zero-order valence-corrected chi connectivity index (χ0v) is 10.6. The number of carbonyl (C=O) groups excluding carboxylic acids is 1. The molecule has 1 aliphatic rings. The quantitative estimate of drug-likeness (QED) is 0.846. The smallest absolute Gasteiger partial charge is 0.227 e. The molecule has 4 nitrogen and oxygen atoms in total. The SMILES string of the molecule is Cc1cc(CC(=O)N2C[C@@H](O)[C@H](F)C2)cc(C)n1. The predicted molar refractivity (Wildman–Crippen MR) is 64.9 cm³/mol. The molecule has 0 bridgehead atoms. The van der Waals surface area contributed by atoms with Crippen LogP contribution in [0.4, 0.5) is 4.39 Å². The van der Waals surface area contributed by atoms with E-state index in [1.54, 1.807) is 0 Å². The van der Waals surface area contributed by atoms with Gasteiger partial charge in [-0.15, -0.1) is 0 Å². The normalized spacial score (nSPS) is 23.4. The van der Waals surface area contributed by atoms with E-state index in [1.807, 2.05) is 26.0 Å². The third-order valence-corrected chi connectivity index (χ3v) is 3.07. The van der Waals surface area contributed by atoms with Gasteiger partial charge in [0.05, 0.1) is 13.0 Å². The average molecular weight is 252 g/mol. The Bertz CT molecular complexity index is 434. The lowest BCUT2D eigenvalue weighted by atomic mass is 10.1. The fourth-order valence-electron chi connectivity index (χ4n) is 2.26. The van der Waals surface area contributed by atoms with E-state index in [4.69, 9.17) is 0 Å². The van der Waals surface area contributed by atoms with Gasteiger partial charge in [-0.3, -0.25) is 9.78 Å². The topological polar surface area (TPSA) is 53.4 Å². The number of pyridine rings is 1. The summed E-state index contributed by atoms with van der Waals surface area (Å²) in [6.07, 6.45) is -2.14. The van der Waals surface area contributed by atoms with Gasteiger partial charge in [-0.05, 0) is 31.5 Å². The molecular formula is C13H17FN2O2. The molecule has 1 saturated heterocycles.